The quantitative estimate of drug-likeness (QED) is 0.244. The Morgan fingerprint density at radius 2 is 1.74 bits per heavy atom. The summed E-state index contributed by atoms with van der Waals surface area (Å²) in [6.45, 7) is -0.471. The highest BCUT2D eigenvalue weighted by Gasteiger charge is 2.45. The molecule has 1 aliphatic rings. The first kappa shape index (κ1) is 24.2. The maximum atomic E-state index is 12.0. The molecule has 0 saturated carbocycles. The van der Waals surface area contributed by atoms with Crippen molar-refractivity contribution in [1.29, 1.82) is 0 Å². The van der Waals surface area contributed by atoms with Gasteiger partial charge in [0.05, 0.1) is 6.26 Å². The van der Waals surface area contributed by atoms with Gasteiger partial charge >= 0.3 is 5.97 Å². The number of rotatable bonds is 6. The van der Waals surface area contributed by atoms with Crippen molar-refractivity contribution >= 4 is 23.0 Å². The summed E-state index contributed by atoms with van der Waals surface area (Å²) in [6.07, 6.45) is -4.03. The maximum Gasteiger partial charge on any atom is 0.330 e. The Kier molecular flexibility index (Phi) is 7.03. The van der Waals surface area contributed by atoms with Gasteiger partial charge in [-0.25, -0.2) is 4.79 Å². The van der Waals surface area contributed by atoms with Gasteiger partial charge in [0, 0.05) is 24.3 Å². The third kappa shape index (κ3) is 5.44. The van der Waals surface area contributed by atoms with Crippen LogP contribution in [0.3, 0.4) is 0 Å². The molecule has 0 spiro atoms. The van der Waals surface area contributed by atoms with Crippen LogP contribution in [0.15, 0.2) is 64.0 Å². The van der Waals surface area contributed by atoms with E-state index in [0.29, 0.717) is 5.56 Å². The second-order valence-electron chi connectivity index (χ2n) is 7.79. The van der Waals surface area contributed by atoms with Crippen LogP contribution in [0.2, 0.25) is 0 Å². The molecule has 2 aromatic carbocycles. The predicted molar refractivity (Wildman–Crippen MR) is 120 cm³/mol. The number of ether oxygens (including phenoxy) is 3. The first-order valence-corrected chi connectivity index (χ1v) is 10.5. The highest BCUT2D eigenvalue weighted by molar-refractivity contribution is 5.87. The summed E-state index contributed by atoms with van der Waals surface area (Å²) in [6, 6.07) is 9.61. The van der Waals surface area contributed by atoms with Gasteiger partial charge in [-0.15, -0.1) is 0 Å². The third-order valence-electron chi connectivity index (χ3n) is 5.33. The van der Waals surface area contributed by atoms with E-state index in [-0.39, 0.29) is 22.5 Å². The Morgan fingerprint density at radius 3 is 2.49 bits per heavy atom. The minimum Gasteiger partial charge on any atom is -0.508 e. The summed E-state index contributed by atoms with van der Waals surface area (Å²) in [7, 11) is 0. The molecule has 0 radical (unpaired) electrons. The molecule has 5 atom stereocenters. The van der Waals surface area contributed by atoms with Crippen molar-refractivity contribution in [2.75, 3.05) is 6.61 Å². The Labute approximate surface area is 197 Å². The van der Waals surface area contributed by atoms with Crippen molar-refractivity contribution in [2.24, 2.45) is 0 Å². The molecule has 184 valence electrons. The predicted octanol–water partition coefficient (Wildman–Crippen LogP) is 0.647. The molecule has 1 aromatic heterocycles. The summed E-state index contributed by atoms with van der Waals surface area (Å²) in [5, 5.41) is 50.1. The van der Waals surface area contributed by atoms with E-state index in [1.807, 2.05) is 0 Å². The summed E-state index contributed by atoms with van der Waals surface area (Å²) in [5.74, 6) is -1.16. The van der Waals surface area contributed by atoms with E-state index < -0.39 is 54.5 Å². The summed E-state index contributed by atoms with van der Waals surface area (Å²) < 4.78 is 21.3. The SMILES string of the molecule is O=C(/C=C\c1ccc(O)cc1)OC[C@H]1O[C@@H](Oc2cc(O)c3c(=O)ccoc3c2)[C@H](O)[C@@H](O)[C@@H]1O. The maximum absolute atomic E-state index is 12.0. The number of hydrogen-bond acceptors (Lipinski definition) is 11. The lowest BCUT2D eigenvalue weighted by Crippen LogP contribution is -2.60. The van der Waals surface area contributed by atoms with E-state index in [9.17, 15) is 35.1 Å². The lowest BCUT2D eigenvalue weighted by atomic mass is 9.99. The molecular weight excluding hydrogens is 464 g/mol. The number of benzene rings is 2. The second-order valence-corrected chi connectivity index (χ2v) is 7.79. The average molecular weight is 486 g/mol. The van der Waals surface area contributed by atoms with E-state index in [1.54, 1.807) is 12.1 Å². The molecule has 35 heavy (non-hydrogen) atoms. The molecule has 0 aliphatic carbocycles. The number of aliphatic hydroxyl groups is 3. The topological polar surface area (TPSA) is 176 Å². The number of hydrogen-bond donors (Lipinski definition) is 5. The molecule has 11 heteroatoms. The minimum absolute atomic E-state index is 0.0179. The third-order valence-corrected chi connectivity index (χ3v) is 5.33. The van der Waals surface area contributed by atoms with E-state index in [0.717, 1.165) is 24.5 Å². The Bertz CT molecular complexity index is 1280. The monoisotopic (exact) mass is 486 g/mol. The van der Waals surface area contributed by atoms with Crippen LogP contribution >= 0.6 is 0 Å². The molecule has 11 nitrogen and oxygen atoms in total. The Morgan fingerprint density at radius 1 is 1.00 bits per heavy atom. The number of aromatic hydroxyl groups is 2. The van der Waals surface area contributed by atoms with Gasteiger partial charge in [-0.1, -0.05) is 12.1 Å². The van der Waals surface area contributed by atoms with Crippen molar-refractivity contribution in [1.82, 2.24) is 0 Å². The van der Waals surface area contributed by atoms with Crippen molar-refractivity contribution in [3.8, 4) is 17.2 Å². The Balaban J connectivity index is 1.42. The summed E-state index contributed by atoms with van der Waals surface area (Å²) >= 11 is 0. The van der Waals surface area contributed by atoms with Crippen LogP contribution in [-0.2, 0) is 14.3 Å². The fourth-order valence-electron chi connectivity index (χ4n) is 3.49. The van der Waals surface area contributed by atoms with E-state index >= 15 is 0 Å². The van der Waals surface area contributed by atoms with Crippen LogP contribution < -0.4 is 10.2 Å². The van der Waals surface area contributed by atoms with Gasteiger partial charge in [-0.3, -0.25) is 4.79 Å². The normalized spacial score (nSPS) is 24.5. The Hall–Kier alpha value is -3.90. The van der Waals surface area contributed by atoms with Crippen molar-refractivity contribution < 1.29 is 49.0 Å². The molecule has 3 aromatic rings. The van der Waals surface area contributed by atoms with E-state index in [4.69, 9.17) is 18.6 Å². The van der Waals surface area contributed by atoms with E-state index in [1.165, 1.54) is 24.3 Å². The van der Waals surface area contributed by atoms with Gasteiger partial charge in [0.2, 0.25) is 6.29 Å². The molecule has 0 unspecified atom stereocenters. The number of carbonyl (C=O) groups excluding carboxylic acids is 1. The number of fused-ring (bicyclic) bond motifs is 1. The fraction of sp³-hybridized carbons (Fsp3) is 0.250. The van der Waals surface area contributed by atoms with Gasteiger partial charge in [0.1, 0.15) is 59.2 Å². The molecule has 4 rings (SSSR count). The van der Waals surface area contributed by atoms with Crippen LogP contribution in [0.5, 0.6) is 17.2 Å². The van der Waals surface area contributed by atoms with Gasteiger partial charge in [0.25, 0.3) is 0 Å². The minimum atomic E-state index is -1.70. The summed E-state index contributed by atoms with van der Waals surface area (Å²) in [4.78, 5) is 23.9. The van der Waals surface area contributed by atoms with Crippen molar-refractivity contribution in [3.63, 3.8) is 0 Å². The number of esters is 1. The zero-order chi connectivity index (χ0) is 25.1. The van der Waals surface area contributed by atoms with Crippen molar-refractivity contribution in [2.45, 2.75) is 30.7 Å². The molecule has 0 bridgehead atoms. The fourth-order valence-corrected chi connectivity index (χ4v) is 3.49. The van der Waals surface area contributed by atoms with Gasteiger partial charge < -0.3 is 44.2 Å². The number of carbonyl (C=O) groups is 1. The molecular formula is C24H22O11. The smallest absolute Gasteiger partial charge is 0.330 e. The first-order chi connectivity index (χ1) is 16.7. The molecule has 1 aliphatic heterocycles. The first-order valence-electron chi connectivity index (χ1n) is 10.5. The highest BCUT2D eigenvalue weighted by atomic mass is 16.7. The second kappa shape index (κ2) is 10.2. The largest absolute Gasteiger partial charge is 0.508 e. The molecule has 0 amide bonds. The number of aliphatic hydroxyl groups excluding tert-OH is 3. The van der Waals surface area contributed by atoms with Crippen LogP contribution in [0.25, 0.3) is 17.0 Å². The molecule has 1 fully saturated rings. The van der Waals surface area contributed by atoms with E-state index in [2.05, 4.69) is 0 Å². The molecule has 2 heterocycles. The zero-order valence-electron chi connectivity index (χ0n) is 18.1. The van der Waals surface area contributed by atoms with Gasteiger partial charge in [-0.05, 0) is 23.8 Å². The van der Waals surface area contributed by atoms with Crippen LogP contribution in [-0.4, -0.2) is 68.8 Å². The average Bonchev–Trinajstić information content (AvgIpc) is 2.83. The molecule has 1 saturated heterocycles. The number of phenols is 2. The number of phenolic OH excluding ortho intramolecular Hbond substituents is 2. The molecule has 5 N–H and O–H groups in total. The lowest BCUT2D eigenvalue weighted by molar-refractivity contribution is -0.278. The van der Waals surface area contributed by atoms with Crippen LogP contribution in [0.4, 0.5) is 0 Å². The van der Waals surface area contributed by atoms with Crippen molar-refractivity contribution in [3.05, 3.63) is 70.6 Å². The highest BCUT2D eigenvalue weighted by Crippen LogP contribution is 2.31. The van der Waals surface area contributed by atoms with Crippen LogP contribution in [0, 0.1) is 0 Å². The van der Waals surface area contributed by atoms with Gasteiger partial charge in [0.15, 0.2) is 5.43 Å². The van der Waals surface area contributed by atoms with Crippen LogP contribution in [0.1, 0.15) is 5.56 Å². The van der Waals surface area contributed by atoms with Gasteiger partial charge in [-0.2, -0.15) is 0 Å². The lowest BCUT2D eigenvalue weighted by Gasteiger charge is -2.39. The zero-order valence-corrected chi connectivity index (χ0v) is 18.1. The standard InChI is InChI=1S/C24H22O11/c25-13-4-1-12(2-5-13)3-6-19(28)33-11-18-21(29)22(30)23(31)24(35-18)34-14-9-16(27)20-15(26)7-8-32-17(20)10-14/h1-10,18,21-25,27,29-31H,11H2/b6-3-/t18-,21-,22+,23-,24-/m1/s1. The summed E-state index contributed by atoms with van der Waals surface area (Å²) in [5.41, 5.74) is 0.184.